The predicted molar refractivity (Wildman–Crippen MR) is 98.8 cm³/mol. The second-order valence-corrected chi connectivity index (χ2v) is 5.92. The Morgan fingerprint density at radius 2 is 2.00 bits per heavy atom. The van der Waals surface area contributed by atoms with Gasteiger partial charge in [-0.3, -0.25) is 4.79 Å². The summed E-state index contributed by atoms with van der Waals surface area (Å²) in [7, 11) is 0. The number of amides is 1. The van der Waals surface area contributed by atoms with Gasteiger partial charge in [0.1, 0.15) is 11.4 Å². The topological polar surface area (TPSA) is 59.4 Å². The van der Waals surface area contributed by atoms with E-state index in [-0.39, 0.29) is 12.6 Å². The summed E-state index contributed by atoms with van der Waals surface area (Å²) < 4.78 is 7.35. The molecule has 2 aromatic rings. The van der Waals surface area contributed by atoms with Crippen LogP contribution in [0.1, 0.15) is 36.3 Å². The first kappa shape index (κ1) is 19.0. The Bertz CT molecular complexity index is 665. The van der Waals surface area contributed by atoms with Gasteiger partial charge < -0.3 is 15.0 Å². The predicted octanol–water partition coefficient (Wildman–Crippen LogP) is 2.69. The number of para-hydroxylation sites is 1. The molecule has 0 radical (unpaired) electrons. The van der Waals surface area contributed by atoms with Gasteiger partial charge in [-0.05, 0) is 50.7 Å². The highest BCUT2D eigenvalue weighted by Crippen LogP contribution is 2.16. The summed E-state index contributed by atoms with van der Waals surface area (Å²) in [5, 5.41) is 7.19. The van der Waals surface area contributed by atoms with Crippen molar-refractivity contribution in [2.45, 2.75) is 33.9 Å². The van der Waals surface area contributed by atoms with E-state index < -0.39 is 0 Å². The standard InChI is InChI=1S/C19H28N4O2/c1-4-22(5-2)13-8-12-20-19(24)17-11-14-23(21-17)15-25-18-10-7-6-9-16(18)3/h6-7,9-11,14H,4-5,8,12-13,15H2,1-3H3,(H,20,24). The molecule has 6 nitrogen and oxygen atoms in total. The van der Waals surface area contributed by atoms with Crippen molar-refractivity contribution in [2.75, 3.05) is 26.2 Å². The molecule has 0 spiro atoms. The van der Waals surface area contributed by atoms with Crippen LogP contribution in [0.5, 0.6) is 5.75 Å². The zero-order valence-electron chi connectivity index (χ0n) is 15.4. The molecule has 0 unspecified atom stereocenters. The monoisotopic (exact) mass is 344 g/mol. The molecule has 0 aliphatic heterocycles. The summed E-state index contributed by atoms with van der Waals surface area (Å²) in [5.41, 5.74) is 1.48. The smallest absolute Gasteiger partial charge is 0.271 e. The van der Waals surface area contributed by atoms with Gasteiger partial charge in [0.05, 0.1) is 0 Å². The average Bonchev–Trinajstić information content (AvgIpc) is 3.10. The fourth-order valence-corrected chi connectivity index (χ4v) is 2.54. The van der Waals surface area contributed by atoms with E-state index in [4.69, 9.17) is 4.74 Å². The maximum atomic E-state index is 12.1. The zero-order valence-corrected chi connectivity index (χ0v) is 15.4. The maximum Gasteiger partial charge on any atom is 0.271 e. The Morgan fingerprint density at radius 3 is 2.72 bits per heavy atom. The van der Waals surface area contributed by atoms with Gasteiger partial charge in [-0.2, -0.15) is 5.10 Å². The largest absolute Gasteiger partial charge is 0.471 e. The van der Waals surface area contributed by atoms with Gasteiger partial charge in [0.2, 0.25) is 0 Å². The molecule has 0 atom stereocenters. The molecule has 1 amide bonds. The lowest BCUT2D eigenvalue weighted by Crippen LogP contribution is -2.30. The van der Waals surface area contributed by atoms with Gasteiger partial charge in [0.15, 0.2) is 6.73 Å². The lowest BCUT2D eigenvalue weighted by atomic mass is 10.2. The van der Waals surface area contributed by atoms with E-state index in [0.29, 0.717) is 12.2 Å². The molecule has 0 aliphatic rings. The van der Waals surface area contributed by atoms with E-state index in [9.17, 15) is 4.79 Å². The number of ether oxygens (including phenoxy) is 1. The normalized spacial score (nSPS) is 10.9. The molecule has 1 N–H and O–H groups in total. The quantitative estimate of drug-likeness (QED) is 0.673. The average molecular weight is 344 g/mol. The van der Waals surface area contributed by atoms with Crippen LogP contribution >= 0.6 is 0 Å². The van der Waals surface area contributed by atoms with Crippen molar-refractivity contribution >= 4 is 5.91 Å². The molecule has 1 aromatic heterocycles. The van der Waals surface area contributed by atoms with Crippen LogP contribution in [0.2, 0.25) is 0 Å². The van der Waals surface area contributed by atoms with Crippen molar-refractivity contribution < 1.29 is 9.53 Å². The maximum absolute atomic E-state index is 12.1. The number of nitrogens with zero attached hydrogens (tertiary/aromatic N) is 3. The van der Waals surface area contributed by atoms with Crippen molar-refractivity contribution in [1.29, 1.82) is 0 Å². The number of rotatable bonds is 10. The number of carbonyl (C=O) groups is 1. The van der Waals surface area contributed by atoms with Crippen LogP contribution in [0.4, 0.5) is 0 Å². The number of benzene rings is 1. The minimum absolute atomic E-state index is 0.144. The molecule has 136 valence electrons. The number of aryl methyl sites for hydroxylation is 1. The summed E-state index contributed by atoms with van der Waals surface area (Å²) in [6.07, 6.45) is 2.69. The van der Waals surface area contributed by atoms with Crippen LogP contribution in [0.15, 0.2) is 36.5 Å². The van der Waals surface area contributed by atoms with Crippen LogP contribution < -0.4 is 10.1 Å². The van der Waals surface area contributed by atoms with Gasteiger partial charge >= 0.3 is 0 Å². The minimum atomic E-state index is -0.144. The second-order valence-electron chi connectivity index (χ2n) is 5.92. The van der Waals surface area contributed by atoms with Gasteiger partial charge in [-0.25, -0.2) is 4.68 Å². The van der Waals surface area contributed by atoms with Crippen LogP contribution in [0, 0.1) is 6.92 Å². The first-order chi connectivity index (χ1) is 12.1. The Labute approximate surface area is 149 Å². The molecule has 1 heterocycles. The third-order valence-corrected chi connectivity index (χ3v) is 4.15. The fraction of sp³-hybridized carbons (Fsp3) is 0.474. The van der Waals surface area contributed by atoms with Gasteiger partial charge in [0, 0.05) is 12.7 Å². The Morgan fingerprint density at radius 1 is 1.24 bits per heavy atom. The van der Waals surface area contributed by atoms with Crippen LogP contribution in [-0.4, -0.2) is 46.8 Å². The highest BCUT2D eigenvalue weighted by Gasteiger charge is 2.09. The zero-order chi connectivity index (χ0) is 18.1. The number of hydrogen-bond acceptors (Lipinski definition) is 4. The molecule has 0 saturated carbocycles. The summed E-state index contributed by atoms with van der Waals surface area (Å²) >= 11 is 0. The van der Waals surface area contributed by atoms with E-state index in [2.05, 4.69) is 29.2 Å². The van der Waals surface area contributed by atoms with Crippen molar-refractivity contribution in [3.8, 4) is 5.75 Å². The van der Waals surface area contributed by atoms with Gasteiger partial charge in [-0.15, -0.1) is 0 Å². The molecule has 0 saturated heterocycles. The summed E-state index contributed by atoms with van der Waals surface area (Å²) in [6, 6.07) is 9.53. The first-order valence-corrected chi connectivity index (χ1v) is 8.86. The Kier molecular flexibility index (Phi) is 7.47. The molecular weight excluding hydrogens is 316 g/mol. The van der Waals surface area contributed by atoms with E-state index in [1.807, 2.05) is 31.2 Å². The SMILES string of the molecule is CCN(CC)CCCNC(=O)c1ccn(COc2ccccc2C)n1. The minimum Gasteiger partial charge on any atom is -0.471 e. The van der Waals surface area contributed by atoms with Crippen LogP contribution in [0.3, 0.4) is 0 Å². The van der Waals surface area contributed by atoms with Gasteiger partial charge in [0.25, 0.3) is 5.91 Å². The molecule has 0 fully saturated rings. The third kappa shape index (κ3) is 5.90. The highest BCUT2D eigenvalue weighted by molar-refractivity contribution is 5.92. The summed E-state index contributed by atoms with van der Waals surface area (Å²) in [4.78, 5) is 14.5. The van der Waals surface area contributed by atoms with Crippen LogP contribution in [-0.2, 0) is 6.73 Å². The summed E-state index contributed by atoms with van der Waals surface area (Å²) in [6.45, 7) is 10.3. The lowest BCUT2D eigenvalue weighted by Gasteiger charge is -2.17. The number of hydrogen-bond donors (Lipinski definition) is 1. The molecule has 6 heteroatoms. The number of carbonyl (C=O) groups excluding carboxylic acids is 1. The molecular formula is C19H28N4O2. The third-order valence-electron chi connectivity index (χ3n) is 4.15. The fourth-order valence-electron chi connectivity index (χ4n) is 2.54. The molecule has 1 aromatic carbocycles. The van der Waals surface area contributed by atoms with Crippen molar-refractivity contribution in [2.24, 2.45) is 0 Å². The second kappa shape index (κ2) is 9.84. The first-order valence-electron chi connectivity index (χ1n) is 8.86. The highest BCUT2D eigenvalue weighted by atomic mass is 16.5. The Hall–Kier alpha value is -2.34. The lowest BCUT2D eigenvalue weighted by molar-refractivity contribution is 0.0944. The van der Waals surface area contributed by atoms with Crippen LogP contribution in [0.25, 0.3) is 0 Å². The Balaban J connectivity index is 1.76. The van der Waals surface area contributed by atoms with E-state index in [1.165, 1.54) is 0 Å². The van der Waals surface area contributed by atoms with Crippen molar-refractivity contribution in [1.82, 2.24) is 20.0 Å². The number of aromatic nitrogens is 2. The van der Waals surface area contributed by atoms with E-state index in [1.54, 1.807) is 16.9 Å². The van der Waals surface area contributed by atoms with Gasteiger partial charge in [-0.1, -0.05) is 32.0 Å². The molecule has 0 bridgehead atoms. The molecule has 0 aliphatic carbocycles. The van der Waals surface area contributed by atoms with Crippen molar-refractivity contribution in [3.63, 3.8) is 0 Å². The number of nitrogens with one attached hydrogen (secondary N) is 1. The molecule has 2 rings (SSSR count). The summed E-state index contributed by atoms with van der Waals surface area (Å²) in [5.74, 6) is 0.676. The van der Waals surface area contributed by atoms with E-state index in [0.717, 1.165) is 37.4 Å². The van der Waals surface area contributed by atoms with Crippen molar-refractivity contribution in [3.05, 3.63) is 47.8 Å². The molecule has 25 heavy (non-hydrogen) atoms. The van der Waals surface area contributed by atoms with E-state index >= 15 is 0 Å².